The zero-order valence-electron chi connectivity index (χ0n) is 16.1. The average molecular weight is 382 g/mol. The Morgan fingerprint density at radius 2 is 1.93 bits per heavy atom. The Balaban J connectivity index is 1.60. The smallest absolute Gasteiger partial charge is 0.253 e. The fourth-order valence-electron chi connectivity index (χ4n) is 3.35. The molecule has 0 bridgehead atoms. The lowest BCUT2D eigenvalue weighted by Crippen LogP contribution is -2.46. The van der Waals surface area contributed by atoms with Crippen LogP contribution >= 0.6 is 0 Å². The molecule has 1 aliphatic heterocycles. The number of hydrogen-bond donors (Lipinski definition) is 2. The van der Waals surface area contributed by atoms with Crippen molar-refractivity contribution in [2.45, 2.75) is 32.0 Å². The van der Waals surface area contributed by atoms with Crippen molar-refractivity contribution in [2.24, 2.45) is 0 Å². The normalized spacial score (nSPS) is 17.1. The van der Waals surface area contributed by atoms with Crippen molar-refractivity contribution in [1.29, 1.82) is 0 Å². The summed E-state index contributed by atoms with van der Waals surface area (Å²) in [5.41, 5.74) is 1.04. The van der Waals surface area contributed by atoms with Gasteiger partial charge in [0.2, 0.25) is 5.91 Å². The third kappa shape index (κ3) is 5.53. The molecule has 1 fully saturated rings. The molecular weight excluding hydrogens is 356 g/mol. The lowest BCUT2D eigenvalue weighted by atomic mass is 10.1. The number of likely N-dealkylation sites (tertiary alicyclic amines) is 1. The third-order valence-corrected chi connectivity index (χ3v) is 4.85. The number of carbonyl (C=O) groups excluding carboxylic acids is 2. The molecule has 1 atom stereocenters. The largest absolute Gasteiger partial charge is 0.350 e. The molecule has 2 heterocycles. The van der Waals surface area contributed by atoms with Crippen LogP contribution in [0.2, 0.25) is 0 Å². The number of likely N-dealkylation sites (N-methyl/N-ethyl adjacent to an activating group) is 1. The topological polar surface area (TPSA) is 83.4 Å². The molecule has 0 spiro atoms. The number of benzene rings is 1. The Morgan fingerprint density at radius 1 is 1.14 bits per heavy atom. The SMILES string of the molecule is CN1CCC[C@H](NC(=O)c2ccc(=O)n(CC(=O)NCc3ccccc3)c2)C1. The van der Waals surface area contributed by atoms with Gasteiger partial charge >= 0.3 is 0 Å². The van der Waals surface area contributed by atoms with E-state index in [1.165, 1.54) is 22.9 Å². The second-order valence-electron chi connectivity index (χ2n) is 7.22. The van der Waals surface area contributed by atoms with E-state index < -0.39 is 0 Å². The molecule has 0 aliphatic carbocycles. The highest BCUT2D eigenvalue weighted by atomic mass is 16.2. The zero-order chi connectivity index (χ0) is 19.9. The summed E-state index contributed by atoms with van der Waals surface area (Å²) in [7, 11) is 2.03. The van der Waals surface area contributed by atoms with Crippen LogP contribution in [0.4, 0.5) is 0 Å². The zero-order valence-corrected chi connectivity index (χ0v) is 16.1. The minimum absolute atomic E-state index is 0.0980. The molecule has 0 unspecified atom stereocenters. The summed E-state index contributed by atoms with van der Waals surface area (Å²) in [6.07, 6.45) is 3.44. The van der Waals surface area contributed by atoms with E-state index in [4.69, 9.17) is 0 Å². The van der Waals surface area contributed by atoms with E-state index in [1.54, 1.807) is 0 Å². The first kappa shape index (κ1) is 19.8. The second kappa shape index (κ2) is 9.32. The summed E-state index contributed by atoms with van der Waals surface area (Å²) in [6, 6.07) is 12.5. The van der Waals surface area contributed by atoms with Gasteiger partial charge in [0.15, 0.2) is 0 Å². The van der Waals surface area contributed by atoms with Crippen molar-refractivity contribution >= 4 is 11.8 Å². The number of hydrogen-bond acceptors (Lipinski definition) is 4. The van der Waals surface area contributed by atoms with Crippen molar-refractivity contribution in [3.8, 4) is 0 Å². The number of carbonyl (C=O) groups is 2. The number of nitrogens with one attached hydrogen (secondary N) is 2. The van der Waals surface area contributed by atoms with Crippen LogP contribution in [0.15, 0.2) is 53.5 Å². The number of pyridine rings is 1. The van der Waals surface area contributed by atoms with Crippen molar-refractivity contribution < 1.29 is 9.59 Å². The van der Waals surface area contributed by atoms with E-state index in [-0.39, 0.29) is 30.0 Å². The summed E-state index contributed by atoms with van der Waals surface area (Å²) in [5, 5.41) is 5.80. The lowest BCUT2D eigenvalue weighted by molar-refractivity contribution is -0.121. The van der Waals surface area contributed by atoms with Crippen LogP contribution in [0, 0.1) is 0 Å². The van der Waals surface area contributed by atoms with Gasteiger partial charge in [0, 0.05) is 31.4 Å². The van der Waals surface area contributed by atoms with Gasteiger partial charge < -0.3 is 20.1 Å². The van der Waals surface area contributed by atoms with Crippen molar-refractivity contribution in [1.82, 2.24) is 20.1 Å². The van der Waals surface area contributed by atoms with Crippen LogP contribution in [0.1, 0.15) is 28.8 Å². The van der Waals surface area contributed by atoms with E-state index in [0.29, 0.717) is 12.1 Å². The van der Waals surface area contributed by atoms with Gasteiger partial charge in [-0.15, -0.1) is 0 Å². The molecule has 148 valence electrons. The van der Waals surface area contributed by atoms with Gasteiger partial charge in [0.05, 0.1) is 5.56 Å². The predicted molar refractivity (Wildman–Crippen MR) is 107 cm³/mol. The maximum Gasteiger partial charge on any atom is 0.253 e. The van der Waals surface area contributed by atoms with Crippen LogP contribution in [-0.2, 0) is 17.9 Å². The molecular formula is C21H26N4O3. The monoisotopic (exact) mass is 382 g/mol. The minimum atomic E-state index is -0.316. The van der Waals surface area contributed by atoms with Crippen LogP contribution in [0.5, 0.6) is 0 Å². The molecule has 2 amide bonds. The molecule has 2 aromatic rings. The molecule has 1 aromatic carbocycles. The summed E-state index contributed by atoms with van der Waals surface area (Å²) >= 11 is 0. The number of aromatic nitrogens is 1. The van der Waals surface area contributed by atoms with Crippen LogP contribution in [-0.4, -0.2) is 47.5 Å². The summed E-state index contributed by atoms with van der Waals surface area (Å²) < 4.78 is 1.27. The molecule has 1 aromatic heterocycles. The maximum absolute atomic E-state index is 12.5. The molecule has 7 heteroatoms. The molecule has 2 N–H and O–H groups in total. The number of nitrogens with zero attached hydrogens (tertiary/aromatic N) is 2. The quantitative estimate of drug-likeness (QED) is 0.780. The van der Waals surface area contributed by atoms with Crippen LogP contribution in [0.3, 0.4) is 0 Å². The Bertz CT molecular complexity index is 879. The third-order valence-electron chi connectivity index (χ3n) is 4.85. The molecule has 1 aliphatic rings. The van der Waals surface area contributed by atoms with Gasteiger partial charge in [-0.2, -0.15) is 0 Å². The number of amides is 2. The average Bonchev–Trinajstić information content (AvgIpc) is 2.69. The molecule has 0 radical (unpaired) electrons. The molecule has 0 saturated carbocycles. The van der Waals surface area contributed by atoms with E-state index in [1.807, 2.05) is 37.4 Å². The first-order chi connectivity index (χ1) is 13.5. The predicted octanol–water partition coefficient (Wildman–Crippen LogP) is 0.989. The Kier molecular flexibility index (Phi) is 6.60. The first-order valence-corrected chi connectivity index (χ1v) is 9.52. The highest BCUT2D eigenvalue weighted by Gasteiger charge is 2.20. The maximum atomic E-state index is 12.5. The summed E-state index contributed by atoms with van der Waals surface area (Å²) in [5.74, 6) is -0.504. The van der Waals surface area contributed by atoms with E-state index >= 15 is 0 Å². The molecule has 28 heavy (non-hydrogen) atoms. The first-order valence-electron chi connectivity index (χ1n) is 9.52. The Hall–Kier alpha value is -2.93. The van der Waals surface area contributed by atoms with Crippen LogP contribution in [0.25, 0.3) is 0 Å². The van der Waals surface area contributed by atoms with Gasteiger partial charge in [-0.3, -0.25) is 14.4 Å². The van der Waals surface area contributed by atoms with Gasteiger partial charge in [-0.1, -0.05) is 30.3 Å². The molecule has 1 saturated heterocycles. The molecule has 3 rings (SSSR count). The fraction of sp³-hybridized carbons (Fsp3) is 0.381. The van der Waals surface area contributed by atoms with Crippen LogP contribution < -0.4 is 16.2 Å². The summed E-state index contributed by atoms with van der Waals surface area (Å²) in [6.45, 7) is 2.12. The van der Waals surface area contributed by atoms with Gasteiger partial charge in [-0.25, -0.2) is 0 Å². The lowest BCUT2D eigenvalue weighted by Gasteiger charge is -2.30. The number of piperidine rings is 1. The van der Waals surface area contributed by atoms with Crippen molar-refractivity contribution in [2.75, 3.05) is 20.1 Å². The highest BCUT2D eigenvalue weighted by Crippen LogP contribution is 2.09. The van der Waals surface area contributed by atoms with E-state index in [2.05, 4.69) is 15.5 Å². The highest BCUT2D eigenvalue weighted by molar-refractivity contribution is 5.94. The molecule has 7 nitrogen and oxygen atoms in total. The fourth-order valence-corrected chi connectivity index (χ4v) is 3.35. The van der Waals surface area contributed by atoms with Crippen molar-refractivity contribution in [3.63, 3.8) is 0 Å². The van der Waals surface area contributed by atoms with Gasteiger partial charge in [0.1, 0.15) is 6.54 Å². The van der Waals surface area contributed by atoms with Gasteiger partial charge in [0.25, 0.3) is 11.5 Å². The van der Waals surface area contributed by atoms with Crippen molar-refractivity contribution in [3.05, 3.63) is 70.1 Å². The Labute approximate surface area is 164 Å². The summed E-state index contributed by atoms with van der Waals surface area (Å²) in [4.78, 5) is 39.0. The van der Waals surface area contributed by atoms with E-state index in [9.17, 15) is 14.4 Å². The number of rotatable bonds is 6. The second-order valence-corrected chi connectivity index (χ2v) is 7.22. The standard InChI is InChI=1S/C21H26N4O3/c1-24-11-5-8-18(14-24)23-21(28)17-9-10-20(27)25(13-17)15-19(26)22-12-16-6-3-2-4-7-16/h2-4,6-7,9-10,13,18H,5,8,11-12,14-15H2,1H3,(H,22,26)(H,23,28)/t18-/m0/s1. The minimum Gasteiger partial charge on any atom is -0.350 e. The van der Waals surface area contributed by atoms with E-state index in [0.717, 1.165) is 31.5 Å². The van der Waals surface area contributed by atoms with Gasteiger partial charge in [-0.05, 0) is 38.1 Å². The Morgan fingerprint density at radius 3 is 2.68 bits per heavy atom.